The third-order valence-electron chi connectivity index (χ3n) is 4.84. The fourth-order valence-electron chi connectivity index (χ4n) is 3.34. The highest BCUT2D eigenvalue weighted by atomic mass is 19.1. The van der Waals surface area contributed by atoms with E-state index < -0.39 is 11.5 Å². The van der Waals surface area contributed by atoms with Crippen LogP contribution in [0.25, 0.3) is 0 Å². The first kappa shape index (κ1) is 18.8. The zero-order chi connectivity index (χ0) is 20.2. The van der Waals surface area contributed by atoms with Crippen molar-refractivity contribution >= 4 is 17.5 Å². The summed E-state index contributed by atoms with van der Waals surface area (Å²) in [6.07, 6.45) is 1.59. The Morgan fingerprint density at radius 2 is 1.79 bits per heavy atom. The lowest BCUT2D eigenvalue weighted by molar-refractivity contribution is 0.0944. The molecule has 0 saturated carbocycles. The standard InChI is InChI=1S/C21H20FN5O2/c22-16-8-10-17(11-9-16)26-13-14-27-20(29)18(24-25-21(26)27)19(28)23-12-4-7-15-5-2-1-3-6-15/h1-3,5-6,8-11H,4,7,12-14H2,(H,23,28). The summed E-state index contributed by atoms with van der Waals surface area (Å²) in [5, 5.41) is 10.7. The topological polar surface area (TPSA) is 80.1 Å². The summed E-state index contributed by atoms with van der Waals surface area (Å²) in [4.78, 5) is 26.9. The normalized spacial score (nSPS) is 12.7. The highest BCUT2D eigenvalue weighted by Gasteiger charge is 2.27. The number of aryl methyl sites for hydroxylation is 1. The summed E-state index contributed by atoms with van der Waals surface area (Å²) in [6, 6.07) is 15.9. The van der Waals surface area contributed by atoms with E-state index in [4.69, 9.17) is 0 Å². The van der Waals surface area contributed by atoms with Crippen LogP contribution in [0.4, 0.5) is 16.0 Å². The molecule has 29 heavy (non-hydrogen) atoms. The third-order valence-corrected chi connectivity index (χ3v) is 4.84. The van der Waals surface area contributed by atoms with Gasteiger partial charge in [0, 0.05) is 25.3 Å². The molecule has 0 fully saturated rings. The fraction of sp³-hybridized carbons (Fsp3) is 0.238. The summed E-state index contributed by atoms with van der Waals surface area (Å²) < 4.78 is 14.6. The van der Waals surface area contributed by atoms with E-state index in [1.165, 1.54) is 22.3 Å². The van der Waals surface area contributed by atoms with Crippen molar-refractivity contribution in [3.05, 3.63) is 82.0 Å². The average molecular weight is 393 g/mol. The number of aromatic nitrogens is 3. The van der Waals surface area contributed by atoms with Gasteiger partial charge in [0.25, 0.3) is 11.5 Å². The van der Waals surface area contributed by atoms with Gasteiger partial charge in [-0.1, -0.05) is 30.3 Å². The van der Waals surface area contributed by atoms with Crippen LogP contribution < -0.4 is 15.8 Å². The molecule has 0 atom stereocenters. The van der Waals surface area contributed by atoms with E-state index in [-0.39, 0.29) is 11.5 Å². The van der Waals surface area contributed by atoms with Gasteiger partial charge in [0.05, 0.1) is 0 Å². The Labute approximate surface area is 166 Å². The summed E-state index contributed by atoms with van der Waals surface area (Å²) in [5.41, 5.74) is 1.22. The van der Waals surface area contributed by atoms with E-state index in [1.54, 1.807) is 17.0 Å². The second-order valence-electron chi connectivity index (χ2n) is 6.78. The van der Waals surface area contributed by atoms with Crippen molar-refractivity contribution in [3.63, 3.8) is 0 Å². The molecule has 3 aromatic rings. The molecular formula is C21H20FN5O2. The first-order valence-corrected chi connectivity index (χ1v) is 9.46. The number of carbonyl (C=O) groups is 1. The molecule has 0 spiro atoms. The molecule has 2 aromatic carbocycles. The monoisotopic (exact) mass is 393 g/mol. The van der Waals surface area contributed by atoms with E-state index in [0.717, 1.165) is 12.8 Å². The van der Waals surface area contributed by atoms with Crippen LogP contribution in [0.3, 0.4) is 0 Å². The molecule has 1 aliphatic rings. The Kier molecular flexibility index (Phi) is 5.33. The molecule has 1 aromatic heterocycles. The molecule has 1 N–H and O–H groups in total. The Morgan fingerprint density at radius 1 is 1.03 bits per heavy atom. The maximum atomic E-state index is 13.2. The predicted molar refractivity (Wildman–Crippen MR) is 107 cm³/mol. The van der Waals surface area contributed by atoms with E-state index in [0.29, 0.717) is 31.3 Å². The zero-order valence-corrected chi connectivity index (χ0v) is 15.7. The number of halogens is 1. The van der Waals surface area contributed by atoms with Crippen LogP contribution in [-0.2, 0) is 13.0 Å². The zero-order valence-electron chi connectivity index (χ0n) is 15.7. The van der Waals surface area contributed by atoms with E-state index in [2.05, 4.69) is 15.5 Å². The second-order valence-corrected chi connectivity index (χ2v) is 6.78. The van der Waals surface area contributed by atoms with Crippen LogP contribution >= 0.6 is 0 Å². The van der Waals surface area contributed by atoms with Crippen molar-refractivity contribution in [2.24, 2.45) is 0 Å². The fourth-order valence-corrected chi connectivity index (χ4v) is 3.34. The lowest BCUT2D eigenvalue weighted by atomic mass is 10.1. The minimum Gasteiger partial charge on any atom is -0.350 e. The van der Waals surface area contributed by atoms with Crippen molar-refractivity contribution < 1.29 is 9.18 Å². The molecule has 1 aliphatic heterocycles. The van der Waals surface area contributed by atoms with Gasteiger partial charge in [0.2, 0.25) is 11.6 Å². The number of rotatable bonds is 6. The Hall–Kier alpha value is -3.55. The first-order chi connectivity index (χ1) is 14.1. The van der Waals surface area contributed by atoms with Crippen LogP contribution in [0.15, 0.2) is 59.4 Å². The minimum atomic E-state index is -0.522. The largest absolute Gasteiger partial charge is 0.350 e. The van der Waals surface area contributed by atoms with Gasteiger partial charge < -0.3 is 10.2 Å². The van der Waals surface area contributed by atoms with Gasteiger partial charge in [-0.25, -0.2) is 4.39 Å². The lowest BCUT2D eigenvalue weighted by Crippen LogP contribution is -2.35. The molecule has 8 heteroatoms. The number of benzene rings is 2. The smallest absolute Gasteiger partial charge is 0.286 e. The van der Waals surface area contributed by atoms with Gasteiger partial charge in [-0.2, -0.15) is 0 Å². The van der Waals surface area contributed by atoms with Gasteiger partial charge in [0.15, 0.2) is 0 Å². The summed E-state index contributed by atoms with van der Waals surface area (Å²) in [5.74, 6) is -0.510. The summed E-state index contributed by atoms with van der Waals surface area (Å²) in [7, 11) is 0. The van der Waals surface area contributed by atoms with Gasteiger partial charge in [-0.3, -0.25) is 14.2 Å². The highest BCUT2D eigenvalue weighted by Crippen LogP contribution is 2.26. The number of fused-ring (bicyclic) bond motifs is 1. The van der Waals surface area contributed by atoms with E-state index in [1.807, 2.05) is 30.3 Å². The minimum absolute atomic E-state index is 0.214. The van der Waals surface area contributed by atoms with Crippen LogP contribution in [0.5, 0.6) is 0 Å². The third kappa shape index (κ3) is 4.01. The molecule has 0 bridgehead atoms. The quantitative estimate of drug-likeness (QED) is 0.650. The van der Waals surface area contributed by atoms with E-state index in [9.17, 15) is 14.0 Å². The number of amides is 1. The van der Waals surface area contributed by atoms with Crippen molar-refractivity contribution in [1.29, 1.82) is 0 Å². The van der Waals surface area contributed by atoms with Crippen LogP contribution in [-0.4, -0.2) is 33.8 Å². The Bertz CT molecular complexity index is 1070. The van der Waals surface area contributed by atoms with Crippen LogP contribution in [0.2, 0.25) is 0 Å². The molecule has 7 nitrogen and oxygen atoms in total. The van der Waals surface area contributed by atoms with Gasteiger partial charge in [-0.15, -0.1) is 10.2 Å². The lowest BCUT2D eigenvalue weighted by Gasteiger charge is -2.16. The van der Waals surface area contributed by atoms with Crippen molar-refractivity contribution in [2.45, 2.75) is 19.4 Å². The SMILES string of the molecule is O=C(NCCCc1ccccc1)c1nnc2n(c1=O)CCN2c1ccc(F)cc1. The maximum absolute atomic E-state index is 13.2. The van der Waals surface area contributed by atoms with Crippen molar-refractivity contribution in [1.82, 2.24) is 20.1 Å². The van der Waals surface area contributed by atoms with Gasteiger partial charge >= 0.3 is 0 Å². The van der Waals surface area contributed by atoms with Gasteiger partial charge in [0.1, 0.15) is 5.82 Å². The Morgan fingerprint density at radius 3 is 2.55 bits per heavy atom. The molecule has 0 unspecified atom stereocenters. The summed E-state index contributed by atoms with van der Waals surface area (Å²) >= 11 is 0. The number of nitrogens with one attached hydrogen (secondary N) is 1. The number of anilines is 2. The molecule has 148 valence electrons. The Balaban J connectivity index is 1.42. The highest BCUT2D eigenvalue weighted by molar-refractivity contribution is 5.91. The molecule has 1 amide bonds. The first-order valence-electron chi connectivity index (χ1n) is 9.46. The molecule has 0 saturated heterocycles. The molecule has 0 aliphatic carbocycles. The number of hydrogen-bond acceptors (Lipinski definition) is 5. The number of hydrogen-bond donors (Lipinski definition) is 1. The van der Waals surface area contributed by atoms with Crippen LogP contribution in [0, 0.1) is 5.82 Å². The van der Waals surface area contributed by atoms with Gasteiger partial charge in [-0.05, 0) is 42.7 Å². The second kappa shape index (κ2) is 8.22. The summed E-state index contributed by atoms with van der Waals surface area (Å²) in [6.45, 7) is 1.32. The predicted octanol–water partition coefficient (Wildman–Crippen LogP) is 2.29. The van der Waals surface area contributed by atoms with Crippen molar-refractivity contribution in [3.8, 4) is 0 Å². The number of nitrogens with zero attached hydrogens (tertiary/aromatic N) is 4. The molecule has 4 rings (SSSR count). The molecular weight excluding hydrogens is 373 g/mol. The maximum Gasteiger partial charge on any atom is 0.286 e. The molecule has 0 radical (unpaired) electrons. The average Bonchev–Trinajstić information content (AvgIpc) is 3.18. The van der Waals surface area contributed by atoms with E-state index >= 15 is 0 Å². The molecule has 2 heterocycles. The van der Waals surface area contributed by atoms with Crippen molar-refractivity contribution in [2.75, 3.05) is 18.0 Å². The number of carbonyl (C=O) groups excluding carboxylic acids is 1. The van der Waals surface area contributed by atoms with Crippen LogP contribution in [0.1, 0.15) is 22.5 Å².